The molecule has 11 heteroatoms. The van der Waals surface area contributed by atoms with E-state index in [4.69, 9.17) is 9.47 Å². The molecular weight excluding hydrogens is 461 g/mol. The van der Waals surface area contributed by atoms with Gasteiger partial charge in [-0.25, -0.2) is 8.42 Å². The van der Waals surface area contributed by atoms with Gasteiger partial charge in [0.1, 0.15) is 6.54 Å². The Morgan fingerprint density at radius 1 is 1.06 bits per heavy atom. The number of nitrogens with zero attached hydrogens (tertiary/aromatic N) is 1. The van der Waals surface area contributed by atoms with Crippen LogP contribution in [0.5, 0.6) is 11.5 Å². The van der Waals surface area contributed by atoms with Gasteiger partial charge < -0.3 is 14.8 Å². The summed E-state index contributed by atoms with van der Waals surface area (Å²) >= 11 is 0. The zero-order chi connectivity index (χ0) is 24.8. The van der Waals surface area contributed by atoms with Crippen molar-refractivity contribution < 1.29 is 35.9 Å². The second-order valence-electron chi connectivity index (χ2n) is 7.61. The van der Waals surface area contributed by atoms with Crippen LogP contribution in [0.2, 0.25) is 0 Å². The first-order chi connectivity index (χ1) is 15.4. The molecule has 0 saturated heterocycles. The molecule has 33 heavy (non-hydrogen) atoms. The van der Waals surface area contributed by atoms with Crippen molar-refractivity contribution in [2.24, 2.45) is 5.92 Å². The molecule has 0 heterocycles. The lowest BCUT2D eigenvalue weighted by atomic mass is 10.1. The van der Waals surface area contributed by atoms with Crippen molar-refractivity contribution >= 4 is 21.6 Å². The van der Waals surface area contributed by atoms with Gasteiger partial charge in [0, 0.05) is 12.6 Å². The van der Waals surface area contributed by atoms with Crippen molar-refractivity contribution in [1.29, 1.82) is 0 Å². The number of methoxy groups -OCH3 is 2. The van der Waals surface area contributed by atoms with Crippen LogP contribution < -0.4 is 19.1 Å². The van der Waals surface area contributed by atoms with Crippen molar-refractivity contribution in [3.63, 3.8) is 0 Å². The third-order valence-corrected chi connectivity index (χ3v) is 6.51. The molecule has 182 valence electrons. The van der Waals surface area contributed by atoms with Crippen LogP contribution >= 0.6 is 0 Å². The minimum atomic E-state index is -4.69. The van der Waals surface area contributed by atoms with Crippen molar-refractivity contribution in [1.82, 2.24) is 5.32 Å². The van der Waals surface area contributed by atoms with Crippen LogP contribution in [-0.4, -0.2) is 41.6 Å². The van der Waals surface area contributed by atoms with Crippen LogP contribution in [0.15, 0.2) is 47.4 Å². The van der Waals surface area contributed by atoms with Gasteiger partial charge in [0.2, 0.25) is 5.91 Å². The van der Waals surface area contributed by atoms with Gasteiger partial charge in [0.15, 0.2) is 11.5 Å². The van der Waals surface area contributed by atoms with E-state index in [1.54, 1.807) is 0 Å². The number of rotatable bonds is 10. The summed E-state index contributed by atoms with van der Waals surface area (Å²) in [7, 11) is -1.74. The average molecular weight is 489 g/mol. The van der Waals surface area contributed by atoms with Crippen molar-refractivity contribution in [3.05, 3.63) is 48.0 Å². The fourth-order valence-electron chi connectivity index (χ4n) is 2.94. The summed E-state index contributed by atoms with van der Waals surface area (Å²) in [5, 5.41) is 2.61. The number of benzene rings is 2. The fourth-order valence-corrected chi connectivity index (χ4v) is 4.37. The van der Waals surface area contributed by atoms with Gasteiger partial charge in [-0.2, -0.15) is 13.2 Å². The van der Waals surface area contributed by atoms with Crippen molar-refractivity contribution in [2.75, 3.05) is 31.6 Å². The van der Waals surface area contributed by atoms with E-state index in [2.05, 4.69) is 5.32 Å². The Balaban J connectivity index is 2.51. The Labute approximate surface area is 191 Å². The summed E-state index contributed by atoms with van der Waals surface area (Å²) in [4.78, 5) is 12.2. The summed E-state index contributed by atoms with van der Waals surface area (Å²) in [6.45, 7) is 3.53. The molecule has 0 unspecified atom stereocenters. The first-order valence-corrected chi connectivity index (χ1v) is 11.5. The van der Waals surface area contributed by atoms with E-state index in [0.29, 0.717) is 29.3 Å². The van der Waals surface area contributed by atoms with Crippen molar-refractivity contribution in [2.45, 2.75) is 31.3 Å². The van der Waals surface area contributed by atoms with Crippen LogP contribution in [0.4, 0.5) is 18.9 Å². The highest BCUT2D eigenvalue weighted by Gasteiger charge is 2.33. The van der Waals surface area contributed by atoms with E-state index in [1.807, 2.05) is 13.8 Å². The number of carbonyl (C=O) groups excluding carboxylic acids is 1. The Hall–Kier alpha value is -2.95. The highest BCUT2D eigenvalue weighted by atomic mass is 32.2. The Morgan fingerprint density at radius 3 is 2.30 bits per heavy atom. The number of carbonyl (C=O) groups is 1. The first-order valence-electron chi connectivity index (χ1n) is 10.1. The number of ether oxygens (including phenoxy) is 2. The van der Waals surface area contributed by atoms with Gasteiger partial charge in [-0.05, 0) is 42.7 Å². The van der Waals surface area contributed by atoms with E-state index in [9.17, 15) is 26.4 Å². The molecule has 2 aromatic rings. The van der Waals surface area contributed by atoms with Gasteiger partial charge in [-0.15, -0.1) is 0 Å². The Bertz CT molecular complexity index is 1070. The molecule has 2 rings (SSSR count). The quantitative estimate of drug-likeness (QED) is 0.545. The molecule has 0 spiro atoms. The molecule has 1 amide bonds. The minimum Gasteiger partial charge on any atom is -0.493 e. The molecule has 0 aliphatic rings. The van der Waals surface area contributed by atoms with Crippen LogP contribution in [0.25, 0.3) is 0 Å². The number of anilines is 1. The smallest absolute Gasteiger partial charge is 0.416 e. The zero-order valence-electron chi connectivity index (χ0n) is 18.8. The summed E-state index contributed by atoms with van der Waals surface area (Å²) < 4.78 is 77.6. The predicted octanol–water partition coefficient (Wildman–Crippen LogP) is 4.08. The van der Waals surface area contributed by atoms with Crippen molar-refractivity contribution in [3.8, 4) is 11.5 Å². The molecule has 0 radical (unpaired) electrons. The molecule has 0 aliphatic heterocycles. The number of alkyl halides is 3. The van der Waals surface area contributed by atoms with Gasteiger partial charge >= 0.3 is 6.18 Å². The van der Waals surface area contributed by atoms with E-state index in [-0.39, 0.29) is 22.1 Å². The first kappa shape index (κ1) is 26.3. The minimum absolute atomic E-state index is 0.115. The zero-order valence-corrected chi connectivity index (χ0v) is 19.6. The molecule has 0 aliphatic carbocycles. The van der Waals surface area contributed by atoms with E-state index < -0.39 is 34.2 Å². The Morgan fingerprint density at radius 2 is 1.73 bits per heavy atom. The maximum atomic E-state index is 13.4. The molecular formula is C22H27F3N2O5S. The van der Waals surface area contributed by atoms with Crippen LogP contribution in [-0.2, 0) is 21.0 Å². The number of hydrogen-bond donors (Lipinski definition) is 1. The SMILES string of the molecule is COc1ccc(S(=O)(=O)N(CC(=O)NCCC(C)C)c2cccc(C(F)(F)F)c2)cc1OC. The maximum absolute atomic E-state index is 13.4. The van der Waals surface area contributed by atoms with Gasteiger partial charge in [-0.3, -0.25) is 9.10 Å². The average Bonchev–Trinajstić information content (AvgIpc) is 2.76. The van der Waals surface area contributed by atoms with Gasteiger partial charge in [0.05, 0.1) is 30.4 Å². The number of halogens is 3. The van der Waals surface area contributed by atoms with Crippen LogP contribution in [0.3, 0.4) is 0 Å². The third kappa shape index (κ3) is 6.77. The lowest BCUT2D eigenvalue weighted by molar-refractivity contribution is -0.137. The largest absolute Gasteiger partial charge is 0.493 e. The second-order valence-corrected chi connectivity index (χ2v) is 9.47. The monoisotopic (exact) mass is 488 g/mol. The van der Waals surface area contributed by atoms with Gasteiger partial charge in [-0.1, -0.05) is 19.9 Å². The van der Waals surface area contributed by atoms with E-state index >= 15 is 0 Å². The highest BCUT2D eigenvalue weighted by molar-refractivity contribution is 7.92. The number of sulfonamides is 1. The molecule has 0 aromatic heterocycles. The third-order valence-electron chi connectivity index (χ3n) is 4.74. The molecule has 0 atom stereocenters. The van der Waals surface area contributed by atoms with Crippen LogP contribution in [0.1, 0.15) is 25.8 Å². The summed E-state index contributed by atoms with van der Waals surface area (Å²) in [5.74, 6) is 0.0509. The summed E-state index contributed by atoms with van der Waals surface area (Å²) in [6.07, 6.45) is -4.02. The summed E-state index contributed by atoms with van der Waals surface area (Å²) in [6, 6.07) is 7.59. The molecule has 0 saturated carbocycles. The predicted molar refractivity (Wildman–Crippen MR) is 118 cm³/mol. The summed E-state index contributed by atoms with van der Waals surface area (Å²) in [5.41, 5.74) is -1.33. The second kappa shape index (κ2) is 10.8. The van der Waals surface area contributed by atoms with E-state index in [1.165, 1.54) is 38.5 Å². The molecule has 0 fully saturated rings. The van der Waals surface area contributed by atoms with Gasteiger partial charge in [0.25, 0.3) is 10.0 Å². The normalized spacial score (nSPS) is 11.9. The fraction of sp³-hybridized carbons (Fsp3) is 0.409. The number of nitrogens with one attached hydrogen (secondary N) is 1. The van der Waals surface area contributed by atoms with Crippen LogP contribution in [0, 0.1) is 5.92 Å². The molecule has 1 N–H and O–H groups in total. The maximum Gasteiger partial charge on any atom is 0.416 e. The number of amides is 1. The molecule has 7 nitrogen and oxygen atoms in total. The topological polar surface area (TPSA) is 84.9 Å². The lowest BCUT2D eigenvalue weighted by Crippen LogP contribution is -2.41. The molecule has 0 bridgehead atoms. The standard InChI is InChI=1S/C22H27F3N2O5S/c1-15(2)10-11-26-21(28)14-27(17-7-5-6-16(12-17)22(23,24)25)33(29,30)18-8-9-19(31-3)20(13-18)32-4/h5-9,12-13,15H,10-11,14H2,1-4H3,(H,26,28). The lowest BCUT2D eigenvalue weighted by Gasteiger charge is -2.25. The highest BCUT2D eigenvalue weighted by Crippen LogP contribution is 2.35. The van der Waals surface area contributed by atoms with E-state index in [0.717, 1.165) is 12.1 Å². The Kier molecular flexibility index (Phi) is 8.59. The number of hydrogen-bond acceptors (Lipinski definition) is 5. The molecule has 2 aromatic carbocycles.